The van der Waals surface area contributed by atoms with Crippen LogP contribution in [0.2, 0.25) is 0 Å². The molecule has 0 saturated carbocycles. The summed E-state index contributed by atoms with van der Waals surface area (Å²) in [5.74, 6) is 1.45. The van der Waals surface area contributed by atoms with E-state index in [1.165, 1.54) is 0 Å². The highest BCUT2D eigenvalue weighted by molar-refractivity contribution is 5.67. The first kappa shape index (κ1) is 12.4. The quantitative estimate of drug-likeness (QED) is 0.719. The summed E-state index contributed by atoms with van der Waals surface area (Å²) < 4.78 is 5.37. The van der Waals surface area contributed by atoms with Crippen LogP contribution < -0.4 is 4.74 Å². The van der Waals surface area contributed by atoms with E-state index >= 15 is 0 Å². The van der Waals surface area contributed by atoms with Crippen molar-refractivity contribution in [3.05, 3.63) is 66.9 Å². The van der Waals surface area contributed by atoms with Gasteiger partial charge in [0.05, 0.1) is 18.4 Å². The maximum Gasteiger partial charge on any atom is 0.163 e. The van der Waals surface area contributed by atoms with E-state index in [0.29, 0.717) is 5.82 Å². The Hall–Kier alpha value is -2.68. The van der Waals surface area contributed by atoms with Crippen LogP contribution in [0.4, 0.5) is 0 Å². The van der Waals surface area contributed by atoms with Crippen LogP contribution in [-0.2, 0) is 0 Å². The number of benzene rings is 2. The Balaban J connectivity index is 2.08. The largest absolute Gasteiger partial charge is 0.496 e. The first-order chi connectivity index (χ1) is 9.88. The number of ether oxygens (including phenoxy) is 1. The molecule has 3 rings (SSSR count). The predicted molar refractivity (Wildman–Crippen MR) is 79.5 cm³/mol. The van der Waals surface area contributed by atoms with Gasteiger partial charge in [-0.25, -0.2) is 9.97 Å². The van der Waals surface area contributed by atoms with Crippen molar-refractivity contribution in [2.75, 3.05) is 7.11 Å². The second kappa shape index (κ2) is 5.53. The highest BCUT2D eigenvalue weighted by atomic mass is 16.5. The third-order valence-corrected chi connectivity index (χ3v) is 3.07. The van der Waals surface area contributed by atoms with Crippen LogP contribution in [0.25, 0.3) is 22.6 Å². The molecule has 0 N–H and O–H groups in total. The Bertz CT molecular complexity index is 711. The Labute approximate surface area is 117 Å². The van der Waals surface area contributed by atoms with Crippen molar-refractivity contribution in [1.82, 2.24) is 9.97 Å². The number of nitrogens with zero attached hydrogens (tertiary/aromatic N) is 2. The SMILES string of the molecule is COc1ccccc1-c1nccc(-c2ccccc2)n1. The van der Waals surface area contributed by atoms with Gasteiger partial charge >= 0.3 is 0 Å². The molecule has 0 bridgehead atoms. The molecule has 0 aliphatic rings. The molecule has 2 aromatic carbocycles. The molecule has 3 heteroatoms. The molecule has 0 aliphatic carbocycles. The van der Waals surface area contributed by atoms with Crippen LogP contribution in [0, 0.1) is 0 Å². The Morgan fingerprint density at radius 3 is 2.40 bits per heavy atom. The molecular formula is C17H14N2O. The Kier molecular flexibility index (Phi) is 3.42. The number of para-hydroxylation sites is 1. The lowest BCUT2D eigenvalue weighted by molar-refractivity contribution is 0.416. The van der Waals surface area contributed by atoms with E-state index in [9.17, 15) is 0 Å². The molecule has 0 saturated heterocycles. The van der Waals surface area contributed by atoms with E-state index in [1.54, 1.807) is 13.3 Å². The monoisotopic (exact) mass is 262 g/mol. The van der Waals surface area contributed by atoms with Crippen molar-refractivity contribution in [1.29, 1.82) is 0 Å². The van der Waals surface area contributed by atoms with Crippen LogP contribution in [0.15, 0.2) is 66.9 Å². The van der Waals surface area contributed by atoms with E-state index in [1.807, 2.05) is 60.7 Å². The van der Waals surface area contributed by atoms with Crippen LogP contribution in [0.1, 0.15) is 0 Å². The zero-order chi connectivity index (χ0) is 13.8. The summed E-state index contributed by atoms with van der Waals surface area (Å²) >= 11 is 0. The van der Waals surface area contributed by atoms with Gasteiger partial charge in [0.25, 0.3) is 0 Å². The van der Waals surface area contributed by atoms with Crippen LogP contribution in [0.3, 0.4) is 0 Å². The van der Waals surface area contributed by atoms with Crippen LogP contribution in [-0.4, -0.2) is 17.1 Å². The average Bonchev–Trinajstić information content (AvgIpc) is 2.56. The van der Waals surface area contributed by atoms with Crippen molar-refractivity contribution in [2.24, 2.45) is 0 Å². The van der Waals surface area contributed by atoms with Gasteiger partial charge in [0.1, 0.15) is 5.75 Å². The van der Waals surface area contributed by atoms with Gasteiger partial charge in [-0.15, -0.1) is 0 Å². The van der Waals surface area contributed by atoms with Gasteiger partial charge in [-0.3, -0.25) is 0 Å². The first-order valence-electron chi connectivity index (χ1n) is 6.40. The molecule has 1 heterocycles. The van der Waals surface area contributed by atoms with Crippen molar-refractivity contribution in [3.8, 4) is 28.4 Å². The Morgan fingerprint density at radius 2 is 1.60 bits per heavy atom. The van der Waals surface area contributed by atoms with Gasteiger partial charge in [-0.2, -0.15) is 0 Å². The summed E-state index contributed by atoms with van der Waals surface area (Å²) in [5.41, 5.74) is 2.88. The summed E-state index contributed by atoms with van der Waals surface area (Å²) in [6.45, 7) is 0. The van der Waals surface area contributed by atoms with Crippen molar-refractivity contribution >= 4 is 0 Å². The van der Waals surface area contributed by atoms with Crippen molar-refractivity contribution < 1.29 is 4.74 Å². The van der Waals surface area contributed by atoms with E-state index in [0.717, 1.165) is 22.6 Å². The minimum Gasteiger partial charge on any atom is -0.496 e. The van der Waals surface area contributed by atoms with Crippen LogP contribution >= 0.6 is 0 Å². The molecule has 0 radical (unpaired) electrons. The molecule has 0 fully saturated rings. The molecule has 0 aliphatic heterocycles. The zero-order valence-electron chi connectivity index (χ0n) is 11.2. The molecular weight excluding hydrogens is 248 g/mol. The number of hydrogen-bond donors (Lipinski definition) is 0. The lowest BCUT2D eigenvalue weighted by atomic mass is 10.1. The van der Waals surface area contributed by atoms with Gasteiger partial charge in [-0.1, -0.05) is 42.5 Å². The second-order valence-electron chi connectivity index (χ2n) is 4.33. The summed E-state index contributed by atoms with van der Waals surface area (Å²) in [6.07, 6.45) is 1.77. The molecule has 0 spiro atoms. The van der Waals surface area contributed by atoms with Gasteiger partial charge < -0.3 is 4.74 Å². The fourth-order valence-corrected chi connectivity index (χ4v) is 2.09. The third kappa shape index (κ3) is 2.38. The minimum atomic E-state index is 0.670. The van der Waals surface area contributed by atoms with Crippen molar-refractivity contribution in [3.63, 3.8) is 0 Å². The molecule has 0 amide bonds. The minimum absolute atomic E-state index is 0.670. The normalized spacial score (nSPS) is 10.2. The lowest BCUT2D eigenvalue weighted by Gasteiger charge is -2.08. The highest BCUT2D eigenvalue weighted by Gasteiger charge is 2.08. The average molecular weight is 262 g/mol. The third-order valence-electron chi connectivity index (χ3n) is 3.07. The van der Waals surface area contributed by atoms with Crippen molar-refractivity contribution in [2.45, 2.75) is 0 Å². The fraction of sp³-hybridized carbons (Fsp3) is 0.0588. The molecule has 3 aromatic rings. The topological polar surface area (TPSA) is 35.0 Å². The fourth-order valence-electron chi connectivity index (χ4n) is 2.09. The number of aromatic nitrogens is 2. The Morgan fingerprint density at radius 1 is 0.850 bits per heavy atom. The summed E-state index contributed by atoms with van der Waals surface area (Å²) in [5, 5.41) is 0. The van der Waals surface area contributed by atoms with E-state index in [2.05, 4.69) is 9.97 Å². The maximum atomic E-state index is 5.37. The highest BCUT2D eigenvalue weighted by Crippen LogP contribution is 2.28. The van der Waals surface area contributed by atoms with Gasteiger partial charge in [-0.05, 0) is 18.2 Å². The van der Waals surface area contributed by atoms with E-state index in [-0.39, 0.29) is 0 Å². The van der Waals surface area contributed by atoms with Gasteiger partial charge in [0, 0.05) is 11.8 Å². The predicted octanol–water partition coefficient (Wildman–Crippen LogP) is 3.82. The number of rotatable bonds is 3. The standard InChI is InChI=1S/C17H14N2O/c1-20-16-10-6-5-9-14(16)17-18-12-11-15(19-17)13-7-3-2-4-8-13/h2-12H,1H3. The summed E-state index contributed by atoms with van der Waals surface area (Å²) in [6, 6.07) is 19.7. The summed E-state index contributed by atoms with van der Waals surface area (Å²) in [4.78, 5) is 8.98. The lowest BCUT2D eigenvalue weighted by Crippen LogP contribution is -1.94. The second-order valence-corrected chi connectivity index (χ2v) is 4.33. The molecule has 20 heavy (non-hydrogen) atoms. The molecule has 0 unspecified atom stereocenters. The smallest absolute Gasteiger partial charge is 0.163 e. The molecule has 3 nitrogen and oxygen atoms in total. The zero-order valence-corrected chi connectivity index (χ0v) is 11.2. The van der Waals surface area contributed by atoms with Crippen LogP contribution in [0.5, 0.6) is 5.75 Å². The number of hydrogen-bond acceptors (Lipinski definition) is 3. The summed E-state index contributed by atoms with van der Waals surface area (Å²) in [7, 11) is 1.65. The maximum absolute atomic E-state index is 5.37. The molecule has 1 aromatic heterocycles. The van der Waals surface area contributed by atoms with Gasteiger partial charge in [0.15, 0.2) is 5.82 Å². The molecule has 0 atom stereocenters. The first-order valence-corrected chi connectivity index (χ1v) is 6.40. The van der Waals surface area contributed by atoms with E-state index < -0.39 is 0 Å². The van der Waals surface area contributed by atoms with E-state index in [4.69, 9.17) is 4.74 Å². The molecule has 98 valence electrons. The number of methoxy groups -OCH3 is 1. The van der Waals surface area contributed by atoms with Gasteiger partial charge in [0.2, 0.25) is 0 Å².